The molecular weight excluding hydrogens is 242 g/mol. The third-order valence-electron chi connectivity index (χ3n) is 3.71. The first kappa shape index (κ1) is 16.4. The lowest BCUT2D eigenvalue weighted by Crippen LogP contribution is -2.57. The summed E-state index contributed by atoms with van der Waals surface area (Å²) in [7, 11) is 0. The molecule has 112 valence electrons. The summed E-state index contributed by atoms with van der Waals surface area (Å²) >= 11 is 0. The van der Waals surface area contributed by atoms with Gasteiger partial charge < -0.3 is 15.8 Å². The number of carbonyl (C=O) groups is 1. The highest BCUT2D eigenvalue weighted by Crippen LogP contribution is 2.14. The molecule has 0 spiro atoms. The molecule has 1 saturated heterocycles. The standard InChI is InChI=1S/C14H29N3O2/c1-10(2)5-6-16-14(18)12(4)17-8-13(7-15)19-9-11(17)3/h10-13H,5-9,15H2,1-4H3,(H,16,18). The number of amides is 1. The molecule has 0 aromatic carbocycles. The topological polar surface area (TPSA) is 67.6 Å². The van der Waals surface area contributed by atoms with Gasteiger partial charge in [-0.25, -0.2) is 0 Å². The van der Waals surface area contributed by atoms with Crippen LogP contribution in [-0.4, -0.2) is 55.2 Å². The Morgan fingerprint density at radius 2 is 2.16 bits per heavy atom. The van der Waals surface area contributed by atoms with Crippen LogP contribution in [0.25, 0.3) is 0 Å². The smallest absolute Gasteiger partial charge is 0.237 e. The second-order valence-corrected chi connectivity index (χ2v) is 5.89. The molecule has 0 radical (unpaired) electrons. The van der Waals surface area contributed by atoms with Gasteiger partial charge in [-0.15, -0.1) is 0 Å². The Labute approximate surface area is 116 Å². The van der Waals surface area contributed by atoms with Crippen molar-refractivity contribution in [3.05, 3.63) is 0 Å². The van der Waals surface area contributed by atoms with Crippen molar-refractivity contribution >= 4 is 5.91 Å². The minimum atomic E-state index is -0.125. The summed E-state index contributed by atoms with van der Waals surface area (Å²) in [6, 6.07) is 0.133. The molecule has 3 unspecified atom stereocenters. The lowest BCUT2D eigenvalue weighted by molar-refractivity contribution is -0.132. The highest BCUT2D eigenvalue weighted by Gasteiger charge is 2.31. The Bertz CT molecular complexity index is 284. The third-order valence-corrected chi connectivity index (χ3v) is 3.71. The van der Waals surface area contributed by atoms with Crippen molar-refractivity contribution in [1.29, 1.82) is 0 Å². The van der Waals surface area contributed by atoms with Gasteiger partial charge in [0.05, 0.1) is 18.8 Å². The van der Waals surface area contributed by atoms with Crippen molar-refractivity contribution in [2.75, 3.05) is 26.2 Å². The van der Waals surface area contributed by atoms with Crippen LogP contribution in [0.4, 0.5) is 0 Å². The zero-order valence-electron chi connectivity index (χ0n) is 12.7. The summed E-state index contributed by atoms with van der Waals surface area (Å²) in [6.07, 6.45) is 1.06. The first-order valence-corrected chi connectivity index (χ1v) is 7.30. The van der Waals surface area contributed by atoms with Gasteiger partial charge >= 0.3 is 0 Å². The molecule has 3 atom stereocenters. The van der Waals surface area contributed by atoms with E-state index in [2.05, 4.69) is 31.0 Å². The van der Waals surface area contributed by atoms with E-state index in [0.29, 0.717) is 19.1 Å². The maximum atomic E-state index is 12.1. The molecule has 0 aromatic rings. The largest absolute Gasteiger partial charge is 0.374 e. The lowest BCUT2D eigenvalue weighted by atomic mass is 10.1. The number of hydrogen-bond acceptors (Lipinski definition) is 4. The van der Waals surface area contributed by atoms with Crippen molar-refractivity contribution in [3.8, 4) is 0 Å². The molecule has 1 fully saturated rings. The monoisotopic (exact) mass is 271 g/mol. The number of nitrogens with zero attached hydrogens (tertiary/aromatic N) is 1. The number of ether oxygens (including phenoxy) is 1. The van der Waals surface area contributed by atoms with Gasteiger partial charge in [0, 0.05) is 25.7 Å². The molecule has 5 heteroatoms. The van der Waals surface area contributed by atoms with E-state index in [1.807, 2.05) is 6.92 Å². The molecule has 0 aliphatic carbocycles. The molecule has 1 amide bonds. The zero-order valence-corrected chi connectivity index (χ0v) is 12.7. The fraction of sp³-hybridized carbons (Fsp3) is 0.929. The van der Waals surface area contributed by atoms with Gasteiger partial charge in [-0.1, -0.05) is 13.8 Å². The normalized spacial score (nSPS) is 26.4. The highest BCUT2D eigenvalue weighted by atomic mass is 16.5. The maximum absolute atomic E-state index is 12.1. The van der Waals surface area contributed by atoms with Gasteiger partial charge in [-0.3, -0.25) is 9.69 Å². The van der Waals surface area contributed by atoms with E-state index >= 15 is 0 Å². The van der Waals surface area contributed by atoms with E-state index in [1.54, 1.807) is 0 Å². The summed E-state index contributed by atoms with van der Waals surface area (Å²) in [5, 5.41) is 3.01. The SMILES string of the molecule is CC(C)CCNC(=O)C(C)N1CC(CN)OCC1C. The number of nitrogens with one attached hydrogen (secondary N) is 1. The summed E-state index contributed by atoms with van der Waals surface area (Å²) in [5.74, 6) is 0.713. The minimum Gasteiger partial charge on any atom is -0.374 e. The molecular formula is C14H29N3O2. The van der Waals surface area contributed by atoms with E-state index in [1.165, 1.54) is 0 Å². The molecule has 0 saturated carbocycles. The fourth-order valence-corrected chi connectivity index (χ4v) is 2.30. The zero-order chi connectivity index (χ0) is 14.4. The quantitative estimate of drug-likeness (QED) is 0.742. The Balaban J connectivity index is 2.45. The van der Waals surface area contributed by atoms with Crippen LogP contribution in [-0.2, 0) is 9.53 Å². The summed E-state index contributed by atoms with van der Waals surface area (Å²) in [6.45, 7) is 11.0. The van der Waals surface area contributed by atoms with E-state index < -0.39 is 0 Å². The van der Waals surface area contributed by atoms with E-state index in [4.69, 9.17) is 10.5 Å². The van der Waals surface area contributed by atoms with Crippen LogP contribution in [0.3, 0.4) is 0 Å². The highest BCUT2D eigenvalue weighted by molar-refractivity contribution is 5.81. The van der Waals surface area contributed by atoms with Crippen molar-refractivity contribution in [2.45, 2.75) is 52.3 Å². The van der Waals surface area contributed by atoms with Crippen molar-refractivity contribution in [2.24, 2.45) is 11.7 Å². The third kappa shape index (κ3) is 5.09. The summed E-state index contributed by atoms with van der Waals surface area (Å²) in [5.41, 5.74) is 5.65. The molecule has 0 aromatic heterocycles. The van der Waals surface area contributed by atoms with Crippen LogP contribution in [0.15, 0.2) is 0 Å². The van der Waals surface area contributed by atoms with Crippen molar-refractivity contribution < 1.29 is 9.53 Å². The molecule has 19 heavy (non-hydrogen) atoms. The molecule has 3 N–H and O–H groups in total. The molecule has 1 aliphatic rings. The number of carbonyl (C=O) groups excluding carboxylic acids is 1. The van der Waals surface area contributed by atoms with Crippen LogP contribution in [0.2, 0.25) is 0 Å². The fourth-order valence-electron chi connectivity index (χ4n) is 2.30. The average molecular weight is 271 g/mol. The average Bonchev–Trinajstić information content (AvgIpc) is 2.38. The number of hydrogen-bond donors (Lipinski definition) is 2. The van der Waals surface area contributed by atoms with E-state index in [9.17, 15) is 4.79 Å². The van der Waals surface area contributed by atoms with Gasteiger partial charge in [-0.2, -0.15) is 0 Å². The summed E-state index contributed by atoms with van der Waals surface area (Å²) < 4.78 is 5.61. The van der Waals surface area contributed by atoms with Crippen LogP contribution in [0.5, 0.6) is 0 Å². The van der Waals surface area contributed by atoms with Gasteiger partial charge in [0.25, 0.3) is 0 Å². The lowest BCUT2D eigenvalue weighted by Gasteiger charge is -2.40. The Morgan fingerprint density at radius 3 is 2.74 bits per heavy atom. The van der Waals surface area contributed by atoms with Crippen molar-refractivity contribution in [3.63, 3.8) is 0 Å². The number of morpholine rings is 1. The second-order valence-electron chi connectivity index (χ2n) is 5.89. The molecule has 5 nitrogen and oxygen atoms in total. The number of nitrogens with two attached hydrogens (primary N) is 1. The Kier molecular flexibility index (Phi) is 6.75. The first-order chi connectivity index (χ1) is 8.95. The van der Waals surface area contributed by atoms with Gasteiger partial charge in [0.2, 0.25) is 5.91 Å². The van der Waals surface area contributed by atoms with Crippen LogP contribution in [0.1, 0.15) is 34.1 Å². The second kappa shape index (κ2) is 7.82. The molecule has 0 bridgehead atoms. The van der Waals surface area contributed by atoms with Crippen LogP contribution in [0, 0.1) is 5.92 Å². The Morgan fingerprint density at radius 1 is 1.47 bits per heavy atom. The summed E-state index contributed by atoms with van der Waals surface area (Å²) in [4.78, 5) is 14.3. The predicted molar refractivity (Wildman–Crippen MR) is 76.9 cm³/mol. The maximum Gasteiger partial charge on any atom is 0.237 e. The van der Waals surface area contributed by atoms with E-state index in [0.717, 1.165) is 19.5 Å². The predicted octanol–water partition coefficient (Wildman–Crippen LogP) is 0.585. The van der Waals surface area contributed by atoms with Gasteiger partial charge in [0.1, 0.15) is 0 Å². The first-order valence-electron chi connectivity index (χ1n) is 7.30. The van der Waals surface area contributed by atoms with E-state index in [-0.39, 0.29) is 24.1 Å². The molecule has 1 rings (SSSR count). The van der Waals surface area contributed by atoms with Crippen LogP contribution < -0.4 is 11.1 Å². The Hall–Kier alpha value is -0.650. The molecule has 1 heterocycles. The number of rotatable bonds is 6. The molecule has 1 aliphatic heterocycles. The minimum absolute atomic E-state index is 0.0436. The van der Waals surface area contributed by atoms with Crippen LogP contribution >= 0.6 is 0 Å². The van der Waals surface area contributed by atoms with Crippen molar-refractivity contribution in [1.82, 2.24) is 10.2 Å². The van der Waals surface area contributed by atoms with Gasteiger partial charge in [0.15, 0.2) is 0 Å². The van der Waals surface area contributed by atoms with Gasteiger partial charge in [-0.05, 0) is 26.2 Å².